The largest absolute Gasteiger partial charge is 0.494 e. The van der Waals surface area contributed by atoms with E-state index in [4.69, 9.17) is 9.84 Å². The summed E-state index contributed by atoms with van der Waals surface area (Å²) < 4.78 is 9.45. The summed E-state index contributed by atoms with van der Waals surface area (Å²) in [5.74, 6) is 1.37. The zero-order valence-corrected chi connectivity index (χ0v) is 22.1. The summed E-state index contributed by atoms with van der Waals surface area (Å²) >= 11 is 1.32. The Morgan fingerprint density at radius 1 is 0.974 bits per heavy atom. The summed E-state index contributed by atoms with van der Waals surface area (Å²) in [4.78, 5) is 18.5. The quantitative estimate of drug-likeness (QED) is 0.301. The van der Waals surface area contributed by atoms with Gasteiger partial charge >= 0.3 is 0 Å². The molecule has 38 heavy (non-hydrogen) atoms. The molecule has 0 N–H and O–H groups in total. The molecule has 3 heterocycles. The van der Waals surface area contributed by atoms with E-state index in [2.05, 4.69) is 10.1 Å². The molecule has 0 fully saturated rings. The van der Waals surface area contributed by atoms with Gasteiger partial charge in [-0.3, -0.25) is 4.79 Å². The van der Waals surface area contributed by atoms with Gasteiger partial charge in [0, 0.05) is 22.9 Å². The number of nitrogens with zero attached hydrogens (tertiary/aromatic N) is 5. The molecule has 6 aromatic rings. The van der Waals surface area contributed by atoms with Gasteiger partial charge in [-0.1, -0.05) is 53.3 Å². The third-order valence-electron chi connectivity index (χ3n) is 6.27. The first-order valence-corrected chi connectivity index (χ1v) is 13.2. The Balaban J connectivity index is 1.48. The Morgan fingerprint density at radius 2 is 1.82 bits per heavy atom. The van der Waals surface area contributed by atoms with E-state index in [1.54, 1.807) is 0 Å². The van der Waals surface area contributed by atoms with Crippen LogP contribution in [-0.4, -0.2) is 31.0 Å². The van der Waals surface area contributed by atoms with E-state index in [1.165, 1.54) is 15.9 Å². The molecule has 0 bridgehead atoms. The molecular formula is C30H25N5O2S. The van der Waals surface area contributed by atoms with Crippen molar-refractivity contribution in [1.82, 2.24) is 24.4 Å². The van der Waals surface area contributed by atoms with E-state index in [0.29, 0.717) is 21.9 Å². The lowest BCUT2D eigenvalue weighted by Crippen LogP contribution is -2.23. The minimum Gasteiger partial charge on any atom is -0.494 e. The van der Waals surface area contributed by atoms with Crippen molar-refractivity contribution in [3.63, 3.8) is 0 Å². The Morgan fingerprint density at radius 3 is 2.55 bits per heavy atom. The third kappa shape index (κ3) is 4.39. The summed E-state index contributed by atoms with van der Waals surface area (Å²) in [5.41, 5.74) is 6.38. The number of rotatable bonds is 6. The average molecular weight is 520 g/mol. The number of aromatic nitrogens is 5. The molecular weight excluding hydrogens is 494 g/mol. The van der Waals surface area contributed by atoms with Crippen molar-refractivity contribution in [2.45, 2.75) is 20.8 Å². The fraction of sp³-hybridized carbons (Fsp3) is 0.133. The Labute approximate surface area is 223 Å². The molecule has 0 amide bonds. The van der Waals surface area contributed by atoms with Gasteiger partial charge in [0.05, 0.1) is 16.8 Å². The first-order chi connectivity index (χ1) is 18.5. The molecule has 188 valence electrons. The molecule has 7 nitrogen and oxygen atoms in total. The van der Waals surface area contributed by atoms with Crippen molar-refractivity contribution in [1.29, 1.82) is 0 Å². The minimum atomic E-state index is -0.196. The number of benzene rings is 3. The lowest BCUT2D eigenvalue weighted by molar-refractivity contribution is 0.340. The summed E-state index contributed by atoms with van der Waals surface area (Å²) in [5, 5.41) is 9.44. The lowest BCUT2D eigenvalue weighted by atomic mass is 10.0. The number of hydrogen-bond donors (Lipinski definition) is 0. The summed E-state index contributed by atoms with van der Waals surface area (Å²) in [6.07, 6.45) is 3.83. The summed E-state index contributed by atoms with van der Waals surface area (Å²) in [6, 6.07) is 23.9. The second-order valence-corrected chi connectivity index (χ2v) is 10.0. The maximum atomic E-state index is 13.3. The van der Waals surface area contributed by atoms with Crippen molar-refractivity contribution < 1.29 is 4.74 Å². The normalized spacial score (nSPS) is 11.9. The monoisotopic (exact) mass is 519 g/mol. The topological polar surface area (TPSA) is 74.3 Å². The summed E-state index contributed by atoms with van der Waals surface area (Å²) in [6.45, 7) is 6.63. The number of ether oxygens (including phenoxy) is 1. The predicted molar refractivity (Wildman–Crippen MR) is 151 cm³/mol. The number of thiazole rings is 1. The van der Waals surface area contributed by atoms with E-state index in [0.717, 1.165) is 44.9 Å². The molecule has 6 rings (SSSR count). The minimum absolute atomic E-state index is 0.196. The van der Waals surface area contributed by atoms with Crippen LogP contribution in [0.3, 0.4) is 0 Å². The number of aryl methyl sites for hydroxylation is 2. The number of fused-ring (bicyclic) bond motifs is 1. The van der Waals surface area contributed by atoms with Crippen LogP contribution < -0.4 is 14.8 Å². The molecule has 0 spiro atoms. The van der Waals surface area contributed by atoms with E-state index in [-0.39, 0.29) is 5.56 Å². The molecule has 0 unspecified atom stereocenters. The van der Waals surface area contributed by atoms with E-state index < -0.39 is 0 Å². The highest BCUT2D eigenvalue weighted by Gasteiger charge is 2.16. The van der Waals surface area contributed by atoms with Gasteiger partial charge in [0.1, 0.15) is 11.4 Å². The van der Waals surface area contributed by atoms with Gasteiger partial charge in [-0.25, -0.2) is 4.68 Å². The fourth-order valence-electron chi connectivity index (χ4n) is 4.45. The lowest BCUT2D eigenvalue weighted by Gasteiger charge is -2.08. The molecule has 0 radical (unpaired) electrons. The van der Waals surface area contributed by atoms with Crippen LogP contribution in [0.2, 0.25) is 0 Å². The van der Waals surface area contributed by atoms with Crippen LogP contribution in [0.25, 0.3) is 39.4 Å². The van der Waals surface area contributed by atoms with Crippen molar-refractivity contribution >= 4 is 22.4 Å². The number of hydrogen-bond acceptors (Lipinski definition) is 6. The standard InChI is InChI=1S/C30H25N5O2S/c1-4-37-24-13-14-25(20(3)16-24)27-22(18-34(32-27)23-11-6-5-7-12-23)17-26-29(36)35-30(38-26)31-28(33-35)21-10-8-9-19(2)15-21/h5-18H,4H2,1-3H3/b26-17-. The highest BCUT2D eigenvalue weighted by atomic mass is 32.1. The van der Waals surface area contributed by atoms with Crippen LogP contribution in [-0.2, 0) is 0 Å². The SMILES string of the molecule is CCOc1ccc(-c2nn(-c3ccccc3)cc2/C=c2\sc3nc(-c4cccc(C)c4)nn3c2=O)c(C)c1. The maximum absolute atomic E-state index is 13.3. The smallest absolute Gasteiger partial charge is 0.291 e. The molecule has 0 aliphatic carbocycles. The van der Waals surface area contributed by atoms with E-state index >= 15 is 0 Å². The maximum Gasteiger partial charge on any atom is 0.291 e. The van der Waals surface area contributed by atoms with Gasteiger partial charge in [-0.15, -0.1) is 5.10 Å². The van der Waals surface area contributed by atoms with Crippen molar-refractivity contribution in [2.24, 2.45) is 0 Å². The van der Waals surface area contributed by atoms with Crippen molar-refractivity contribution in [2.75, 3.05) is 6.61 Å². The second-order valence-electron chi connectivity index (χ2n) is 9.04. The van der Waals surface area contributed by atoms with Gasteiger partial charge in [0.15, 0.2) is 5.82 Å². The third-order valence-corrected chi connectivity index (χ3v) is 7.23. The highest BCUT2D eigenvalue weighted by molar-refractivity contribution is 7.15. The van der Waals surface area contributed by atoms with Crippen LogP contribution in [0.4, 0.5) is 0 Å². The van der Waals surface area contributed by atoms with Crippen molar-refractivity contribution in [3.05, 3.63) is 111 Å². The molecule has 8 heteroatoms. The van der Waals surface area contributed by atoms with Crippen LogP contribution >= 0.6 is 11.3 Å². The van der Waals surface area contributed by atoms with E-state index in [1.807, 2.05) is 111 Å². The highest BCUT2D eigenvalue weighted by Crippen LogP contribution is 2.30. The van der Waals surface area contributed by atoms with Gasteiger partial charge in [-0.05, 0) is 68.8 Å². The summed E-state index contributed by atoms with van der Waals surface area (Å²) in [7, 11) is 0. The Hall–Kier alpha value is -4.56. The van der Waals surface area contributed by atoms with Gasteiger partial charge in [-0.2, -0.15) is 14.6 Å². The zero-order valence-electron chi connectivity index (χ0n) is 21.3. The molecule has 0 aliphatic rings. The second kappa shape index (κ2) is 9.72. The average Bonchev–Trinajstić information content (AvgIpc) is 3.60. The van der Waals surface area contributed by atoms with Gasteiger partial charge < -0.3 is 4.74 Å². The first-order valence-electron chi connectivity index (χ1n) is 12.4. The Bertz CT molecular complexity index is 1890. The van der Waals surface area contributed by atoms with Crippen LogP contribution in [0, 0.1) is 13.8 Å². The molecule has 0 saturated carbocycles. The zero-order chi connectivity index (χ0) is 26.2. The van der Waals surface area contributed by atoms with Crippen LogP contribution in [0.15, 0.2) is 83.8 Å². The molecule has 3 aromatic heterocycles. The molecule has 0 aliphatic heterocycles. The first kappa shape index (κ1) is 23.8. The Kier molecular flexibility index (Phi) is 6.09. The molecule has 3 aromatic carbocycles. The van der Waals surface area contributed by atoms with Crippen LogP contribution in [0.5, 0.6) is 5.75 Å². The molecule has 0 saturated heterocycles. The number of para-hydroxylation sites is 1. The van der Waals surface area contributed by atoms with E-state index in [9.17, 15) is 4.79 Å². The van der Waals surface area contributed by atoms with Gasteiger partial charge in [0.2, 0.25) is 4.96 Å². The molecule has 0 atom stereocenters. The van der Waals surface area contributed by atoms with Gasteiger partial charge in [0.25, 0.3) is 5.56 Å². The predicted octanol–water partition coefficient (Wildman–Crippen LogP) is 5.23. The van der Waals surface area contributed by atoms with Crippen molar-refractivity contribution in [3.8, 4) is 34.1 Å². The fourth-order valence-corrected chi connectivity index (χ4v) is 5.35. The van der Waals surface area contributed by atoms with Crippen LogP contribution in [0.1, 0.15) is 23.6 Å².